The van der Waals surface area contributed by atoms with Crippen molar-refractivity contribution in [2.75, 3.05) is 57.3 Å². The lowest BCUT2D eigenvalue weighted by molar-refractivity contribution is -0.120. The number of carbonyl (C=O) groups is 1. The molecule has 0 atom stereocenters. The average Bonchev–Trinajstić information content (AvgIpc) is 3.23. The third-order valence-electron chi connectivity index (χ3n) is 7.32. The lowest BCUT2D eigenvalue weighted by Crippen LogP contribution is -2.47. The number of halogens is 2. The van der Waals surface area contributed by atoms with Crippen molar-refractivity contribution in [2.45, 2.75) is 58.3 Å². The first-order valence-corrected chi connectivity index (χ1v) is 12.0. The second-order valence-electron chi connectivity index (χ2n) is 9.39. The first kappa shape index (κ1) is 26.4. The minimum atomic E-state index is 0. The van der Waals surface area contributed by atoms with Crippen molar-refractivity contribution in [2.24, 2.45) is 5.92 Å². The summed E-state index contributed by atoms with van der Waals surface area (Å²) < 4.78 is 0. The van der Waals surface area contributed by atoms with Crippen LogP contribution in [0, 0.1) is 5.92 Å². The number of rotatable bonds is 8. The zero-order chi connectivity index (χ0) is 20.1. The van der Waals surface area contributed by atoms with Crippen LogP contribution in [0.4, 0.5) is 5.69 Å². The number of likely N-dealkylation sites (tertiary alicyclic amines) is 1. The number of hydrogen-bond acceptors (Lipinski definition) is 4. The summed E-state index contributed by atoms with van der Waals surface area (Å²) in [5.41, 5.74) is 4.74. The quantitative estimate of drug-likeness (QED) is 0.555. The molecular formula is C25H41Cl2N3O. The molecule has 0 aromatic heterocycles. The van der Waals surface area contributed by atoms with E-state index >= 15 is 0 Å². The number of nitrogens with zero attached hydrogens (tertiary/aromatic N) is 3. The second kappa shape index (κ2) is 13.0. The van der Waals surface area contributed by atoms with Gasteiger partial charge in [-0.3, -0.25) is 14.6 Å². The zero-order valence-electron chi connectivity index (χ0n) is 19.2. The molecule has 3 aliphatic rings. The lowest BCUT2D eigenvalue weighted by atomic mass is 9.93. The molecule has 6 heteroatoms. The molecule has 0 unspecified atom stereocenters. The number of piperazine rings is 1. The molecule has 0 N–H and O–H groups in total. The highest BCUT2D eigenvalue weighted by molar-refractivity contribution is 5.85. The minimum Gasteiger partial charge on any atom is -0.369 e. The lowest BCUT2D eigenvalue weighted by Gasteiger charge is -2.38. The molecule has 0 saturated carbocycles. The third-order valence-corrected chi connectivity index (χ3v) is 7.32. The molecule has 0 bridgehead atoms. The summed E-state index contributed by atoms with van der Waals surface area (Å²) in [5.74, 6) is 1.27. The van der Waals surface area contributed by atoms with E-state index in [9.17, 15) is 4.79 Å². The minimum absolute atomic E-state index is 0. The van der Waals surface area contributed by atoms with Gasteiger partial charge in [-0.15, -0.1) is 24.8 Å². The Kier molecular flexibility index (Phi) is 11.1. The van der Waals surface area contributed by atoms with Gasteiger partial charge < -0.3 is 4.90 Å². The van der Waals surface area contributed by atoms with Gasteiger partial charge in [0.1, 0.15) is 5.78 Å². The number of carbonyl (C=O) groups excluding carboxylic acids is 1. The van der Waals surface area contributed by atoms with Crippen molar-refractivity contribution in [1.29, 1.82) is 0 Å². The second-order valence-corrected chi connectivity index (χ2v) is 9.39. The van der Waals surface area contributed by atoms with Crippen molar-refractivity contribution in [1.82, 2.24) is 9.80 Å². The summed E-state index contributed by atoms with van der Waals surface area (Å²) in [6, 6.07) is 6.93. The average molecular weight is 471 g/mol. The molecule has 0 amide bonds. The Balaban J connectivity index is 0.00000171. The van der Waals surface area contributed by atoms with Crippen LogP contribution in [-0.2, 0) is 17.6 Å². The number of aryl methyl sites for hydroxylation is 1. The first-order chi connectivity index (χ1) is 14.2. The largest absolute Gasteiger partial charge is 0.369 e. The van der Waals surface area contributed by atoms with Crippen molar-refractivity contribution in [3.63, 3.8) is 0 Å². The van der Waals surface area contributed by atoms with E-state index in [0.717, 1.165) is 31.8 Å². The third kappa shape index (κ3) is 7.08. The smallest absolute Gasteiger partial charge is 0.146 e. The van der Waals surface area contributed by atoms with Crippen LogP contribution in [0.1, 0.15) is 56.6 Å². The number of fused-ring (bicyclic) bond motifs is 1. The van der Waals surface area contributed by atoms with E-state index in [-0.39, 0.29) is 24.8 Å². The fourth-order valence-corrected chi connectivity index (χ4v) is 5.51. The first-order valence-electron chi connectivity index (χ1n) is 12.0. The molecule has 2 aliphatic heterocycles. The van der Waals surface area contributed by atoms with Gasteiger partial charge >= 0.3 is 0 Å². The highest BCUT2D eigenvalue weighted by Gasteiger charge is 2.24. The molecule has 1 aromatic rings. The summed E-state index contributed by atoms with van der Waals surface area (Å²) >= 11 is 0. The van der Waals surface area contributed by atoms with Crippen LogP contribution >= 0.6 is 24.8 Å². The Bertz CT molecular complexity index is 683. The molecule has 2 fully saturated rings. The van der Waals surface area contributed by atoms with Crippen LogP contribution in [0.15, 0.2) is 18.2 Å². The van der Waals surface area contributed by atoms with Crippen molar-refractivity contribution < 1.29 is 4.79 Å². The Morgan fingerprint density at radius 3 is 2.42 bits per heavy atom. The predicted octanol–water partition coefficient (Wildman–Crippen LogP) is 4.61. The molecular weight excluding hydrogens is 429 g/mol. The van der Waals surface area contributed by atoms with Gasteiger partial charge in [-0.1, -0.05) is 19.1 Å². The van der Waals surface area contributed by atoms with Crippen LogP contribution in [0.5, 0.6) is 0 Å². The molecule has 31 heavy (non-hydrogen) atoms. The molecule has 2 heterocycles. The van der Waals surface area contributed by atoms with E-state index in [1.807, 2.05) is 0 Å². The molecule has 1 aliphatic carbocycles. The van der Waals surface area contributed by atoms with Gasteiger partial charge in [0.05, 0.1) is 6.54 Å². The molecule has 176 valence electrons. The van der Waals surface area contributed by atoms with Gasteiger partial charge in [0.25, 0.3) is 0 Å². The maximum atomic E-state index is 11.9. The van der Waals surface area contributed by atoms with Crippen LogP contribution in [0.2, 0.25) is 0 Å². The standard InChI is InChI=1S/C25H39N3O.2ClH/c1-2-5-23(29)20-27-14-11-21(12-15-27)10-13-26-16-18-28(19-17-26)25-9-4-7-22-6-3-8-24(22)25;;/h4,7,9,21H,2-3,5-6,8,10-20H2,1H3;2*1H. The van der Waals surface area contributed by atoms with Gasteiger partial charge in [-0.25, -0.2) is 0 Å². The van der Waals surface area contributed by atoms with Crippen molar-refractivity contribution >= 4 is 36.3 Å². The van der Waals surface area contributed by atoms with Crippen molar-refractivity contribution in [3.8, 4) is 0 Å². The summed E-state index contributed by atoms with van der Waals surface area (Å²) in [7, 11) is 0. The molecule has 0 radical (unpaired) electrons. The maximum absolute atomic E-state index is 11.9. The number of piperidine rings is 1. The molecule has 4 nitrogen and oxygen atoms in total. The molecule has 4 rings (SSSR count). The summed E-state index contributed by atoms with van der Waals surface area (Å²) in [6.07, 6.45) is 9.48. The van der Waals surface area contributed by atoms with Gasteiger partial charge in [0.15, 0.2) is 0 Å². The van der Waals surface area contributed by atoms with Crippen LogP contribution in [-0.4, -0.2) is 67.9 Å². The van der Waals surface area contributed by atoms with Crippen molar-refractivity contribution in [3.05, 3.63) is 29.3 Å². The maximum Gasteiger partial charge on any atom is 0.146 e. The SMILES string of the molecule is CCCC(=O)CN1CCC(CCN2CCN(c3cccc4c3CCC4)CC2)CC1.Cl.Cl. The summed E-state index contributed by atoms with van der Waals surface area (Å²) in [4.78, 5) is 19.6. The summed E-state index contributed by atoms with van der Waals surface area (Å²) in [5, 5.41) is 0. The number of hydrogen-bond donors (Lipinski definition) is 0. The highest BCUT2D eigenvalue weighted by atomic mass is 35.5. The number of anilines is 1. The summed E-state index contributed by atoms with van der Waals surface area (Å²) in [6.45, 7) is 11.0. The van der Waals surface area contributed by atoms with E-state index in [4.69, 9.17) is 0 Å². The van der Waals surface area contributed by atoms with Crippen LogP contribution in [0.25, 0.3) is 0 Å². The molecule has 1 aromatic carbocycles. The fourth-order valence-electron chi connectivity index (χ4n) is 5.51. The van der Waals surface area contributed by atoms with E-state index in [2.05, 4.69) is 39.8 Å². The zero-order valence-corrected chi connectivity index (χ0v) is 20.8. The van der Waals surface area contributed by atoms with E-state index < -0.39 is 0 Å². The van der Waals surface area contributed by atoms with E-state index in [1.54, 1.807) is 11.1 Å². The number of Topliss-reactive ketones (excluding diaryl/α,β-unsaturated/α-hetero) is 1. The normalized spacial score (nSPS) is 20.1. The van der Waals surface area contributed by atoms with Gasteiger partial charge in [-0.2, -0.15) is 0 Å². The Morgan fingerprint density at radius 2 is 1.71 bits per heavy atom. The Labute approximate surface area is 201 Å². The fraction of sp³-hybridized carbons (Fsp3) is 0.720. The van der Waals surface area contributed by atoms with E-state index in [1.165, 1.54) is 76.9 Å². The number of benzene rings is 1. The predicted molar refractivity (Wildman–Crippen MR) is 135 cm³/mol. The highest BCUT2D eigenvalue weighted by Crippen LogP contribution is 2.32. The Morgan fingerprint density at radius 1 is 0.968 bits per heavy atom. The van der Waals surface area contributed by atoms with Crippen LogP contribution in [0.3, 0.4) is 0 Å². The Hall–Kier alpha value is -0.810. The topological polar surface area (TPSA) is 26.8 Å². The van der Waals surface area contributed by atoms with E-state index in [0.29, 0.717) is 12.3 Å². The van der Waals surface area contributed by atoms with Gasteiger partial charge in [-0.05, 0) is 87.7 Å². The molecule has 2 saturated heterocycles. The molecule has 0 spiro atoms. The van der Waals surface area contributed by atoms with Gasteiger partial charge in [0.2, 0.25) is 0 Å². The number of ketones is 1. The van der Waals surface area contributed by atoms with Gasteiger partial charge in [0, 0.05) is 38.3 Å². The monoisotopic (exact) mass is 469 g/mol. The van der Waals surface area contributed by atoms with Crippen LogP contribution < -0.4 is 4.90 Å².